The van der Waals surface area contributed by atoms with Crippen molar-refractivity contribution in [2.75, 3.05) is 18.5 Å². The largest absolute Gasteiger partial charge is 0.493 e. The van der Waals surface area contributed by atoms with Gasteiger partial charge in [-0.25, -0.2) is 4.98 Å². The van der Waals surface area contributed by atoms with Gasteiger partial charge in [-0.2, -0.15) is 26.3 Å². The molecule has 3 rings (SSSR count). The minimum Gasteiger partial charge on any atom is -0.493 e. The number of aliphatic hydroxyl groups is 1. The number of benzene rings is 1. The van der Waals surface area contributed by atoms with Gasteiger partial charge in [-0.05, 0) is 18.2 Å². The first-order valence-electron chi connectivity index (χ1n) is 7.92. The maximum Gasteiger partial charge on any atom is 0.417 e. The summed E-state index contributed by atoms with van der Waals surface area (Å²) in [5, 5.41) is 12.4. The monoisotopic (exact) mass is 426 g/mol. The van der Waals surface area contributed by atoms with Crippen molar-refractivity contribution in [3.63, 3.8) is 0 Å². The molecule has 1 aliphatic rings. The van der Waals surface area contributed by atoms with Gasteiger partial charge in [0.05, 0.1) is 34.9 Å². The van der Waals surface area contributed by atoms with Crippen molar-refractivity contribution >= 4 is 17.4 Å². The predicted octanol–water partition coefficient (Wildman–Crippen LogP) is 4.85. The van der Waals surface area contributed by atoms with E-state index in [0.717, 1.165) is 18.2 Å². The summed E-state index contributed by atoms with van der Waals surface area (Å²) in [6, 6.07) is 3.47. The molecule has 0 bridgehead atoms. The molecule has 0 radical (unpaired) electrons. The Labute approximate surface area is 160 Å². The molecule has 4 nitrogen and oxygen atoms in total. The summed E-state index contributed by atoms with van der Waals surface area (Å²) in [5.41, 5.74) is -3.09. The van der Waals surface area contributed by atoms with Gasteiger partial charge in [0.1, 0.15) is 11.6 Å². The molecule has 2 heterocycles. The summed E-state index contributed by atoms with van der Waals surface area (Å²) in [6.07, 6.45) is -8.51. The summed E-state index contributed by atoms with van der Waals surface area (Å²) < 4.78 is 82.4. The third-order valence-electron chi connectivity index (χ3n) is 4.41. The van der Waals surface area contributed by atoms with Crippen LogP contribution in [0.5, 0.6) is 5.75 Å². The van der Waals surface area contributed by atoms with Crippen LogP contribution in [0.4, 0.5) is 32.2 Å². The highest BCUT2D eigenvalue weighted by molar-refractivity contribution is 6.33. The quantitative estimate of drug-likeness (QED) is 0.689. The molecule has 2 aromatic rings. The van der Waals surface area contributed by atoms with E-state index in [2.05, 4.69) is 10.3 Å². The number of halogens is 7. The number of fused-ring (bicyclic) bond motifs is 1. The lowest BCUT2D eigenvalue weighted by Gasteiger charge is -2.39. The summed E-state index contributed by atoms with van der Waals surface area (Å²) in [4.78, 5) is 3.67. The molecule has 2 N–H and O–H groups in total. The van der Waals surface area contributed by atoms with E-state index < -0.39 is 35.6 Å². The zero-order valence-corrected chi connectivity index (χ0v) is 14.7. The van der Waals surface area contributed by atoms with Crippen molar-refractivity contribution in [3.05, 3.63) is 52.2 Å². The smallest absolute Gasteiger partial charge is 0.417 e. The van der Waals surface area contributed by atoms with Crippen LogP contribution in [0.3, 0.4) is 0 Å². The number of ether oxygens (including phenoxy) is 1. The maximum atomic E-state index is 12.9. The van der Waals surface area contributed by atoms with Crippen LogP contribution in [0.2, 0.25) is 5.02 Å². The number of anilines is 1. The molecule has 152 valence electrons. The van der Waals surface area contributed by atoms with Crippen LogP contribution in [0.1, 0.15) is 23.1 Å². The maximum absolute atomic E-state index is 12.9. The van der Waals surface area contributed by atoms with Crippen molar-refractivity contribution in [1.82, 2.24) is 4.98 Å². The standard InChI is InChI=1S/C17H13ClF6N2O2/c18-12-5-10(17(22,23)24)7-25-14(12)26-15(8-27)3-4-28-13-6-9(16(19,20)21)1-2-11(13)15/h1-2,5-7,27H,3-4,8H2,(H,25,26). The topological polar surface area (TPSA) is 54.4 Å². The molecule has 0 aliphatic carbocycles. The zero-order valence-electron chi connectivity index (χ0n) is 14.0. The minimum atomic E-state index is -4.64. The Hall–Kier alpha value is -2.20. The molecule has 0 fully saturated rings. The molecule has 1 atom stereocenters. The molecule has 0 saturated heterocycles. The van der Waals surface area contributed by atoms with Gasteiger partial charge in [0.2, 0.25) is 0 Å². The molecule has 1 unspecified atom stereocenters. The first-order valence-corrected chi connectivity index (χ1v) is 8.30. The number of pyridine rings is 1. The second-order valence-electron chi connectivity index (χ2n) is 6.22. The third-order valence-corrected chi connectivity index (χ3v) is 4.70. The van der Waals surface area contributed by atoms with Crippen LogP contribution in [0.15, 0.2) is 30.5 Å². The second-order valence-corrected chi connectivity index (χ2v) is 6.63. The Balaban J connectivity index is 2.00. The molecule has 0 saturated carbocycles. The van der Waals surface area contributed by atoms with Crippen molar-refractivity contribution in [2.24, 2.45) is 0 Å². The summed E-state index contributed by atoms with van der Waals surface area (Å²) in [5.74, 6) is -0.234. The first kappa shape index (κ1) is 20.5. The van der Waals surface area contributed by atoms with Gasteiger partial charge in [0.25, 0.3) is 0 Å². The van der Waals surface area contributed by atoms with Crippen LogP contribution >= 0.6 is 11.6 Å². The number of alkyl halides is 6. The van der Waals surface area contributed by atoms with Crippen LogP contribution in [0.25, 0.3) is 0 Å². The van der Waals surface area contributed by atoms with Crippen LogP contribution < -0.4 is 10.1 Å². The Bertz CT molecular complexity index is 887. The van der Waals surface area contributed by atoms with Crippen LogP contribution in [0, 0.1) is 0 Å². The lowest BCUT2D eigenvalue weighted by Crippen LogP contribution is -2.44. The zero-order chi connectivity index (χ0) is 20.7. The Morgan fingerprint density at radius 2 is 1.79 bits per heavy atom. The molecule has 1 aliphatic heterocycles. The summed E-state index contributed by atoms with van der Waals surface area (Å²) in [7, 11) is 0. The van der Waals surface area contributed by atoms with Gasteiger partial charge >= 0.3 is 12.4 Å². The van der Waals surface area contributed by atoms with Gasteiger partial charge in [-0.15, -0.1) is 0 Å². The molecule has 0 spiro atoms. The molecule has 28 heavy (non-hydrogen) atoms. The Morgan fingerprint density at radius 3 is 2.36 bits per heavy atom. The Morgan fingerprint density at radius 1 is 1.11 bits per heavy atom. The highest BCUT2D eigenvalue weighted by atomic mass is 35.5. The highest BCUT2D eigenvalue weighted by Crippen LogP contribution is 2.43. The van der Waals surface area contributed by atoms with Gasteiger partial charge < -0.3 is 15.2 Å². The van der Waals surface area contributed by atoms with E-state index in [1.165, 1.54) is 0 Å². The molecular weight excluding hydrogens is 414 g/mol. The molecular formula is C17H13ClF6N2O2. The number of hydrogen-bond donors (Lipinski definition) is 2. The van der Waals surface area contributed by atoms with Crippen LogP contribution in [-0.4, -0.2) is 23.3 Å². The van der Waals surface area contributed by atoms with E-state index in [9.17, 15) is 31.4 Å². The van der Waals surface area contributed by atoms with Gasteiger partial charge in [0, 0.05) is 18.2 Å². The Kier molecular flexibility index (Phi) is 5.13. The lowest BCUT2D eigenvalue weighted by atomic mass is 9.84. The lowest BCUT2D eigenvalue weighted by molar-refractivity contribution is -0.138. The van der Waals surface area contributed by atoms with E-state index >= 15 is 0 Å². The van der Waals surface area contributed by atoms with Gasteiger partial charge in [-0.1, -0.05) is 17.7 Å². The number of hydrogen-bond acceptors (Lipinski definition) is 4. The second kappa shape index (κ2) is 7.00. The first-order chi connectivity index (χ1) is 13.0. The third kappa shape index (κ3) is 3.83. The molecule has 11 heteroatoms. The average Bonchev–Trinajstić information content (AvgIpc) is 2.61. The van der Waals surface area contributed by atoms with E-state index in [0.29, 0.717) is 12.3 Å². The van der Waals surface area contributed by atoms with Crippen LogP contribution in [-0.2, 0) is 17.9 Å². The van der Waals surface area contributed by atoms with E-state index in [1.807, 2.05) is 0 Å². The summed E-state index contributed by atoms with van der Waals surface area (Å²) in [6.45, 7) is -0.603. The van der Waals surface area contributed by atoms with Crippen molar-refractivity contribution in [2.45, 2.75) is 24.3 Å². The van der Waals surface area contributed by atoms with E-state index in [-0.39, 0.29) is 35.2 Å². The normalized spacial score (nSPS) is 19.7. The highest BCUT2D eigenvalue weighted by Gasteiger charge is 2.41. The van der Waals surface area contributed by atoms with E-state index in [4.69, 9.17) is 16.3 Å². The van der Waals surface area contributed by atoms with E-state index in [1.54, 1.807) is 0 Å². The summed E-state index contributed by atoms with van der Waals surface area (Å²) >= 11 is 5.90. The average molecular weight is 427 g/mol. The minimum absolute atomic E-state index is 0.0277. The van der Waals surface area contributed by atoms with Gasteiger partial charge in [0.15, 0.2) is 0 Å². The molecule has 1 aromatic carbocycles. The molecule has 1 aromatic heterocycles. The molecule has 0 amide bonds. The fourth-order valence-corrected chi connectivity index (χ4v) is 3.14. The van der Waals surface area contributed by atoms with Crippen molar-refractivity contribution < 1.29 is 36.2 Å². The van der Waals surface area contributed by atoms with Gasteiger partial charge in [-0.3, -0.25) is 0 Å². The number of nitrogens with one attached hydrogen (secondary N) is 1. The fraction of sp³-hybridized carbons (Fsp3) is 0.353. The SMILES string of the molecule is OCC1(Nc2ncc(C(F)(F)F)cc2Cl)CCOc2cc(C(F)(F)F)ccc21. The number of rotatable bonds is 3. The predicted molar refractivity (Wildman–Crippen MR) is 88.2 cm³/mol. The number of nitrogens with zero attached hydrogens (tertiary/aromatic N) is 1. The van der Waals surface area contributed by atoms with Crippen molar-refractivity contribution in [3.8, 4) is 5.75 Å². The van der Waals surface area contributed by atoms with Crippen molar-refractivity contribution in [1.29, 1.82) is 0 Å². The number of aromatic nitrogens is 1. The fourth-order valence-electron chi connectivity index (χ4n) is 2.93. The number of aliphatic hydroxyl groups excluding tert-OH is 1.